The third-order valence-electron chi connectivity index (χ3n) is 3.04. The van der Waals surface area contributed by atoms with Gasteiger partial charge in [-0.2, -0.15) is 18.3 Å². The Morgan fingerprint density at radius 2 is 1.65 bits per heavy atom. The molecule has 1 aliphatic heterocycles. The van der Waals surface area contributed by atoms with Crippen molar-refractivity contribution < 1.29 is 13.2 Å². The number of alkyl halides is 3. The second-order valence-corrected chi connectivity index (χ2v) is 5.66. The van der Waals surface area contributed by atoms with Crippen LogP contribution in [0.3, 0.4) is 0 Å². The van der Waals surface area contributed by atoms with Gasteiger partial charge in [0.15, 0.2) is 0 Å². The van der Waals surface area contributed by atoms with Gasteiger partial charge in [0.05, 0.1) is 12.3 Å². The quantitative estimate of drug-likeness (QED) is 0.844. The molecule has 0 radical (unpaired) electrons. The topological polar surface area (TPSA) is 36.8 Å². The molecule has 6 heteroatoms. The van der Waals surface area contributed by atoms with Gasteiger partial charge in [-0.1, -0.05) is 45.0 Å². The van der Waals surface area contributed by atoms with Crippen LogP contribution in [-0.2, 0) is 5.41 Å². The number of hydrogen-bond donors (Lipinski definition) is 1. The molecule has 1 N–H and O–H groups in total. The maximum Gasteiger partial charge on any atom is 0.450 e. The zero-order valence-corrected chi connectivity index (χ0v) is 11.5. The lowest BCUT2D eigenvalue weighted by atomic mass is 9.86. The van der Waals surface area contributed by atoms with Crippen molar-refractivity contribution in [1.82, 2.24) is 5.43 Å². The van der Waals surface area contributed by atoms with Gasteiger partial charge in [0, 0.05) is 0 Å². The molecular formula is C14H16F3N3. The number of benzene rings is 1. The Morgan fingerprint density at radius 1 is 1.05 bits per heavy atom. The highest BCUT2D eigenvalue weighted by molar-refractivity contribution is 6.05. The first kappa shape index (κ1) is 14.6. The van der Waals surface area contributed by atoms with Crippen LogP contribution in [0.4, 0.5) is 13.2 Å². The Balaban J connectivity index is 2.14. The Labute approximate surface area is 115 Å². The molecular weight excluding hydrogens is 267 g/mol. The minimum absolute atomic E-state index is 0.0345. The van der Waals surface area contributed by atoms with Crippen LogP contribution in [0.1, 0.15) is 31.9 Å². The van der Waals surface area contributed by atoms with Crippen molar-refractivity contribution in [2.45, 2.75) is 32.4 Å². The highest BCUT2D eigenvalue weighted by atomic mass is 19.4. The van der Waals surface area contributed by atoms with E-state index in [0.29, 0.717) is 5.71 Å². The summed E-state index contributed by atoms with van der Waals surface area (Å²) in [6.45, 7) is 6.22. The molecule has 1 heterocycles. The summed E-state index contributed by atoms with van der Waals surface area (Å²) in [5.74, 6) is -1.05. The summed E-state index contributed by atoms with van der Waals surface area (Å²) in [7, 11) is 0. The van der Waals surface area contributed by atoms with Crippen LogP contribution >= 0.6 is 0 Å². The third-order valence-corrected chi connectivity index (χ3v) is 3.04. The molecule has 1 aromatic carbocycles. The monoisotopic (exact) mass is 283 g/mol. The van der Waals surface area contributed by atoms with Crippen LogP contribution in [0, 0.1) is 0 Å². The van der Waals surface area contributed by atoms with Crippen molar-refractivity contribution in [1.29, 1.82) is 0 Å². The number of nitrogens with one attached hydrogen (secondary N) is 1. The van der Waals surface area contributed by atoms with Crippen LogP contribution in [0.2, 0.25) is 0 Å². The normalized spacial score (nSPS) is 16.3. The van der Waals surface area contributed by atoms with E-state index in [1.54, 1.807) is 0 Å². The van der Waals surface area contributed by atoms with Crippen molar-refractivity contribution in [2.75, 3.05) is 6.54 Å². The number of rotatable bonds is 1. The average Bonchev–Trinajstić information content (AvgIpc) is 2.37. The molecule has 3 nitrogen and oxygen atoms in total. The lowest BCUT2D eigenvalue weighted by Crippen LogP contribution is -2.38. The molecule has 20 heavy (non-hydrogen) atoms. The number of amidine groups is 1. The maximum atomic E-state index is 12.4. The summed E-state index contributed by atoms with van der Waals surface area (Å²) in [5, 5.41) is 3.76. The van der Waals surface area contributed by atoms with Gasteiger partial charge >= 0.3 is 6.18 Å². The summed E-state index contributed by atoms with van der Waals surface area (Å²) < 4.78 is 37.2. The molecule has 1 aromatic rings. The minimum atomic E-state index is -4.48. The van der Waals surface area contributed by atoms with Gasteiger partial charge in [0.2, 0.25) is 5.84 Å². The van der Waals surface area contributed by atoms with E-state index in [1.807, 2.05) is 29.7 Å². The van der Waals surface area contributed by atoms with Crippen LogP contribution in [0.15, 0.2) is 34.4 Å². The molecule has 0 spiro atoms. The average molecular weight is 283 g/mol. The summed E-state index contributed by atoms with van der Waals surface area (Å²) in [6.07, 6.45) is -4.48. The Kier molecular flexibility index (Phi) is 3.58. The summed E-state index contributed by atoms with van der Waals surface area (Å²) >= 11 is 0. The second kappa shape index (κ2) is 4.92. The molecule has 0 unspecified atom stereocenters. The van der Waals surface area contributed by atoms with E-state index >= 15 is 0 Å². The number of nitrogens with zero attached hydrogens (tertiary/aromatic N) is 2. The van der Waals surface area contributed by atoms with Crippen LogP contribution in [0.25, 0.3) is 0 Å². The molecule has 1 aliphatic rings. The Bertz CT molecular complexity index is 549. The first-order valence-corrected chi connectivity index (χ1v) is 6.23. The molecule has 2 rings (SSSR count). The number of aliphatic imine (C=N–C) groups is 1. The fourth-order valence-electron chi connectivity index (χ4n) is 1.82. The molecule has 0 amide bonds. The van der Waals surface area contributed by atoms with Crippen molar-refractivity contribution >= 4 is 11.5 Å². The standard InChI is InChI=1S/C14H16F3N3/c1-13(2,3)10-6-4-9(5-7-10)11-8-18-12(20-19-11)14(15,16)17/h4-7H,8H2,1-3H3,(H,18,20). The first-order valence-electron chi connectivity index (χ1n) is 6.23. The van der Waals surface area contributed by atoms with Gasteiger partial charge < -0.3 is 0 Å². The van der Waals surface area contributed by atoms with E-state index < -0.39 is 12.0 Å². The first-order chi connectivity index (χ1) is 9.18. The van der Waals surface area contributed by atoms with Gasteiger partial charge in [0.25, 0.3) is 0 Å². The molecule has 0 bridgehead atoms. The maximum absolute atomic E-state index is 12.4. The van der Waals surface area contributed by atoms with E-state index in [4.69, 9.17) is 0 Å². The molecule has 108 valence electrons. The number of hydrazone groups is 1. The van der Waals surface area contributed by atoms with Crippen molar-refractivity contribution in [3.05, 3.63) is 35.4 Å². The molecule has 0 atom stereocenters. The molecule has 0 saturated carbocycles. The predicted molar refractivity (Wildman–Crippen MR) is 73.2 cm³/mol. The van der Waals surface area contributed by atoms with Gasteiger partial charge in [-0.3, -0.25) is 10.4 Å². The lowest BCUT2D eigenvalue weighted by molar-refractivity contribution is -0.0620. The van der Waals surface area contributed by atoms with E-state index in [9.17, 15) is 13.2 Å². The summed E-state index contributed by atoms with van der Waals surface area (Å²) in [5.41, 5.74) is 4.43. The van der Waals surface area contributed by atoms with Gasteiger partial charge in [-0.15, -0.1) is 0 Å². The minimum Gasteiger partial charge on any atom is -0.257 e. The Hall–Kier alpha value is -1.85. The fraction of sp³-hybridized carbons (Fsp3) is 0.429. The second-order valence-electron chi connectivity index (χ2n) is 5.66. The largest absolute Gasteiger partial charge is 0.450 e. The van der Waals surface area contributed by atoms with Crippen molar-refractivity contribution in [3.8, 4) is 0 Å². The van der Waals surface area contributed by atoms with E-state index in [0.717, 1.165) is 11.1 Å². The smallest absolute Gasteiger partial charge is 0.257 e. The van der Waals surface area contributed by atoms with Crippen molar-refractivity contribution in [2.24, 2.45) is 10.1 Å². The van der Waals surface area contributed by atoms with Gasteiger partial charge in [0.1, 0.15) is 0 Å². The summed E-state index contributed by atoms with van der Waals surface area (Å²) in [4.78, 5) is 3.48. The molecule has 0 aliphatic carbocycles. The van der Waals surface area contributed by atoms with Crippen LogP contribution in [-0.4, -0.2) is 24.3 Å². The Morgan fingerprint density at radius 3 is 2.05 bits per heavy atom. The van der Waals surface area contributed by atoms with Crippen LogP contribution in [0.5, 0.6) is 0 Å². The zero-order chi connectivity index (χ0) is 15.0. The lowest BCUT2D eigenvalue weighted by Gasteiger charge is -2.20. The van der Waals surface area contributed by atoms with Crippen molar-refractivity contribution in [3.63, 3.8) is 0 Å². The number of halogens is 3. The highest BCUT2D eigenvalue weighted by Gasteiger charge is 2.37. The van der Waals surface area contributed by atoms with Gasteiger partial charge in [-0.25, -0.2) is 0 Å². The van der Waals surface area contributed by atoms with E-state index in [1.165, 1.54) is 0 Å². The highest BCUT2D eigenvalue weighted by Crippen LogP contribution is 2.23. The molecule has 0 fully saturated rings. The van der Waals surface area contributed by atoms with E-state index in [2.05, 4.69) is 30.9 Å². The predicted octanol–water partition coefficient (Wildman–Crippen LogP) is 3.25. The summed E-state index contributed by atoms with van der Waals surface area (Å²) in [6, 6.07) is 7.63. The zero-order valence-electron chi connectivity index (χ0n) is 11.5. The van der Waals surface area contributed by atoms with Crippen LogP contribution < -0.4 is 5.43 Å². The third kappa shape index (κ3) is 3.18. The van der Waals surface area contributed by atoms with E-state index in [-0.39, 0.29) is 12.0 Å². The molecule has 0 saturated heterocycles. The number of hydrogen-bond acceptors (Lipinski definition) is 3. The molecule has 0 aromatic heterocycles. The van der Waals surface area contributed by atoms with Gasteiger partial charge in [-0.05, 0) is 16.5 Å². The fourth-order valence-corrected chi connectivity index (χ4v) is 1.82. The SMILES string of the molecule is CC(C)(C)c1ccc(C2=NNC(C(F)(F)F)=NC2)cc1.